The third kappa shape index (κ3) is 6.40. The summed E-state index contributed by atoms with van der Waals surface area (Å²) in [6.45, 7) is 9.15. The van der Waals surface area contributed by atoms with E-state index >= 15 is 0 Å². The Kier molecular flexibility index (Phi) is 7.96. The summed E-state index contributed by atoms with van der Waals surface area (Å²) in [5, 5.41) is 3.88. The quantitative estimate of drug-likeness (QED) is 0.445. The number of amides is 1. The first-order valence-corrected chi connectivity index (χ1v) is 8.87. The number of rotatable bonds is 8. The highest BCUT2D eigenvalue weighted by Gasteiger charge is 2.13. The van der Waals surface area contributed by atoms with Crippen molar-refractivity contribution in [2.24, 2.45) is 5.92 Å². The molecule has 1 N–H and O–H groups in total. The average molecular weight is 345 g/mol. The largest absolute Gasteiger partial charge is 0.360 e. The maximum Gasteiger partial charge on any atom is 0.230 e. The minimum absolute atomic E-state index is 0.0155. The highest BCUT2D eigenvalue weighted by atomic mass is 35.5. The van der Waals surface area contributed by atoms with Gasteiger partial charge in [-0.1, -0.05) is 44.1 Å². The molecule has 1 unspecified atom stereocenters. The Balaban J connectivity index is 2.64. The van der Waals surface area contributed by atoms with Gasteiger partial charge in [0.2, 0.25) is 5.91 Å². The van der Waals surface area contributed by atoms with Gasteiger partial charge in [0.1, 0.15) is 11.0 Å². The number of nitrogens with one attached hydrogen (secondary N) is 1. The predicted octanol–water partition coefficient (Wildman–Crippen LogP) is 3.23. The zero-order valence-corrected chi connectivity index (χ0v) is 15.5. The molecule has 0 fully saturated rings. The second-order valence-corrected chi connectivity index (χ2v) is 6.97. The molecule has 1 atom stereocenters. The van der Waals surface area contributed by atoms with Gasteiger partial charge in [-0.05, 0) is 19.3 Å². The number of anilines is 1. The first kappa shape index (κ1) is 19.0. The lowest BCUT2D eigenvalue weighted by molar-refractivity contribution is -0.119. The van der Waals surface area contributed by atoms with Crippen LogP contribution in [0.3, 0.4) is 0 Å². The Labute approximate surface area is 142 Å². The van der Waals surface area contributed by atoms with E-state index in [9.17, 15) is 4.79 Å². The van der Waals surface area contributed by atoms with E-state index in [0.717, 1.165) is 18.8 Å². The van der Waals surface area contributed by atoms with Crippen molar-refractivity contribution in [1.82, 2.24) is 15.3 Å². The molecule has 0 saturated carbocycles. The second-order valence-electron chi connectivity index (χ2n) is 5.64. The summed E-state index contributed by atoms with van der Waals surface area (Å²) >= 11 is 7.34. The summed E-state index contributed by atoms with van der Waals surface area (Å²) < 4.78 is 0. The van der Waals surface area contributed by atoms with E-state index in [-0.39, 0.29) is 17.7 Å². The number of hydrogen-bond acceptors (Lipinski definition) is 5. The molecule has 124 valence electrons. The normalized spacial score (nSPS) is 12.3. The van der Waals surface area contributed by atoms with Crippen molar-refractivity contribution in [3.63, 3.8) is 0 Å². The number of aromatic nitrogens is 2. The van der Waals surface area contributed by atoms with Crippen molar-refractivity contribution in [3.05, 3.63) is 11.2 Å². The molecule has 22 heavy (non-hydrogen) atoms. The Morgan fingerprint density at radius 3 is 2.68 bits per heavy atom. The molecule has 0 aliphatic heterocycles. The lowest BCUT2D eigenvalue weighted by Crippen LogP contribution is -2.37. The first-order chi connectivity index (χ1) is 10.3. The average Bonchev–Trinajstić information content (AvgIpc) is 2.44. The molecule has 0 bridgehead atoms. The van der Waals surface area contributed by atoms with Gasteiger partial charge in [0.05, 0.1) is 5.75 Å². The van der Waals surface area contributed by atoms with E-state index in [1.807, 2.05) is 18.9 Å². The molecule has 7 heteroatoms. The van der Waals surface area contributed by atoms with Crippen molar-refractivity contribution in [2.45, 2.75) is 45.3 Å². The number of carbonyl (C=O) groups is 1. The van der Waals surface area contributed by atoms with Crippen LogP contribution in [0.2, 0.25) is 5.15 Å². The van der Waals surface area contributed by atoms with E-state index in [1.165, 1.54) is 11.8 Å². The fourth-order valence-corrected chi connectivity index (χ4v) is 2.58. The van der Waals surface area contributed by atoms with Crippen molar-refractivity contribution >= 4 is 35.1 Å². The van der Waals surface area contributed by atoms with E-state index in [0.29, 0.717) is 16.2 Å². The number of hydrogen-bond donors (Lipinski definition) is 1. The molecule has 1 rings (SSSR count). The van der Waals surface area contributed by atoms with Gasteiger partial charge >= 0.3 is 0 Å². The van der Waals surface area contributed by atoms with Crippen LogP contribution in [0.15, 0.2) is 11.2 Å². The van der Waals surface area contributed by atoms with Crippen LogP contribution in [0.5, 0.6) is 0 Å². The minimum Gasteiger partial charge on any atom is -0.360 e. The van der Waals surface area contributed by atoms with Crippen LogP contribution in [0.1, 0.15) is 34.1 Å². The van der Waals surface area contributed by atoms with E-state index < -0.39 is 0 Å². The summed E-state index contributed by atoms with van der Waals surface area (Å²) in [4.78, 5) is 22.6. The lowest BCUT2D eigenvalue weighted by atomic mass is 10.1. The molecule has 0 saturated heterocycles. The van der Waals surface area contributed by atoms with Gasteiger partial charge in [0.15, 0.2) is 5.16 Å². The zero-order chi connectivity index (χ0) is 16.7. The molecule has 0 radical (unpaired) electrons. The highest BCUT2D eigenvalue weighted by molar-refractivity contribution is 7.99. The Morgan fingerprint density at radius 1 is 1.41 bits per heavy atom. The number of carbonyl (C=O) groups excluding carboxylic acids is 1. The molecule has 1 amide bonds. The monoisotopic (exact) mass is 344 g/mol. The van der Waals surface area contributed by atoms with Gasteiger partial charge in [-0.2, -0.15) is 0 Å². The molecule has 1 aromatic rings. The van der Waals surface area contributed by atoms with Crippen molar-refractivity contribution in [3.8, 4) is 0 Å². The summed E-state index contributed by atoms with van der Waals surface area (Å²) in [6.07, 6.45) is 1.02. The topological polar surface area (TPSA) is 58.1 Å². The fraction of sp³-hybridized carbons (Fsp3) is 0.667. The molecule has 0 aromatic carbocycles. The first-order valence-electron chi connectivity index (χ1n) is 7.51. The number of nitrogens with zero attached hydrogens (tertiary/aromatic N) is 3. The Bertz CT molecular complexity index is 498. The molecule has 0 spiro atoms. The summed E-state index contributed by atoms with van der Waals surface area (Å²) in [7, 11) is 1.97. The van der Waals surface area contributed by atoms with Gasteiger partial charge in [-0.3, -0.25) is 4.79 Å². The maximum absolute atomic E-state index is 11.9. The van der Waals surface area contributed by atoms with Crippen LogP contribution in [-0.4, -0.2) is 41.3 Å². The van der Waals surface area contributed by atoms with Crippen molar-refractivity contribution in [2.75, 3.05) is 24.2 Å². The molecule has 0 aliphatic carbocycles. The molecule has 1 aromatic heterocycles. The summed E-state index contributed by atoms with van der Waals surface area (Å²) in [6, 6.07) is 1.89. The minimum atomic E-state index is -0.0155. The van der Waals surface area contributed by atoms with Crippen LogP contribution in [0, 0.1) is 5.92 Å². The maximum atomic E-state index is 11.9. The molecule has 1 heterocycles. The Morgan fingerprint density at radius 2 is 2.09 bits per heavy atom. The van der Waals surface area contributed by atoms with Gasteiger partial charge < -0.3 is 10.2 Å². The zero-order valence-electron chi connectivity index (χ0n) is 13.9. The van der Waals surface area contributed by atoms with Crippen LogP contribution < -0.4 is 10.2 Å². The van der Waals surface area contributed by atoms with E-state index in [2.05, 4.69) is 36.1 Å². The molecule has 0 aliphatic rings. The summed E-state index contributed by atoms with van der Waals surface area (Å²) in [5.41, 5.74) is 0. The standard InChI is InChI=1S/C15H25ClN4OS/c1-6-7-20(5)13-8-12(16)18-15(19-13)22-9-14(21)17-11(4)10(2)3/h8,10-11H,6-7,9H2,1-5H3,(H,17,21). The van der Waals surface area contributed by atoms with E-state index in [1.54, 1.807) is 6.07 Å². The van der Waals surface area contributed by atoms with E-state index in [4.69, 9.17) is 11.6 Å². The predicted molar refractivity (Wildman–Crippen MR) is 93.8 cm³/mol. The van der Waals surface area contributed by atoms with Gasteiger partial charge in [0, 0.05) is 25.7 Å². The van der Waals surface area contributed by atoms with Crippen LogP contribution in [-0.2, 0) is 4.79 Å². The van der Waals surface area contributed by atoms with Gasteiger partial charge in [-0.15, -0.1) is 0 Å². The third-order valence-corrected chi connectivity index (χ3v) is 4.37. The van der Waals surface area contributed by atoms with Crippen molar-refractivity contribution in [1.29, 1.82) is 0 Å². The van der Waals surface area contributed by atoms with Gasteiger partial charge in [0.25, 0.3) is 0 Å². The molecular weight excluding hydrogens is 320 g/mol. The third-order valence-electron chi connectivity index (χ3n) is 3.33. The SMILES string of the molecule is CCCN(C)c1cc(Cl)nc(SCC(=O)NC(C)C(C)C)n1. The van der Waals surface area contributed by atoms with Gasteiger partial charge in [-0.25, -0.2) is 9.97 Å². The molecular formula is C15H25ClN4OS. The van der Waals surface area contributed by atoms with Crippen LogP contribution >= 0.6 is 23.4 Å². The smallest absolute Gasteiger partial charge is 0.230 e. The van der Waals surface area contributed by atoms with Crippen LogP contribution in [0.25, 0.3) is 0 Å². The lowest BCUT2D eigenvalue weighted by Gasteiger charge is -2.18. The van der Waals surface area contributed by atoms with Crippen LogP contribution in [0.4, 0.5) is 5.82 Å². The fourth-order valence-electron chi connectivity index (χ4n) is 1.69. The number of halogens is 1. The summed E-state index contributed by atoms with van der Waals surface area (Å²) in [5.74, 6) is 1.46. The second kappa shape index (κ2) is 9.20. The highest BCUT2D eigenvalue weighted by Crippen LogP contribution is 2.21. The molecule has 5 nitrogen and oxygen atoms in total. The van der Waals surface area contributed by atoms with Crippen molar-refractivity contribution < 1.29 is 4.79 Å². The Hall–Kier alpha value is -1.01. The number of thioether (sulfide) groups is 1.